The molecule has 52 heavy (non-hydrogen) atoms. The smallest absolute Gasteiger partial charge is 0.410 e. The van der Waals surface area contributed by atoms with Crippen molar-refractivity contribution in [2.24, 2.45) is 29.1 Å². The van der Waals surface area contributed by atoms with E-state index in [4.69, 9.17) is 23.7 Å². The van der Waals surface area contributed by atoms with Gasteiger partial charge in [0, 0.05) is 76.6 Å². The third-order valence-electron chi connectivity index (χ3n) is 11.5. The maximum Gasteiger partial charge on any atom is 0.410 e. The summed E-state index contributed by atoms with van der Waals surface area (Å²) in [6.07, 6.45) is -0.130. The average molecular weight is 739 g/mol. The topological polar surface area (TPSA) is 127 Å². The third kappa shape index (κ3) is 10.7. The lowest BCUT2D eigenvalue weighted by atomic mass is 9.74. The lowest BCUT2D eigenvalue weighted by Crippen LogP contribution is -2.60. The van der Waals surface area contributed by atoms with E-state index in [-0.39, 0.29) is 67.2 Å². The number of ketones is 1. The summed E-state index contributed by atoms with van der Waals surface area (Å²) >= 11 is 0. The van der Waals surface area contributed by atoms with Gasteiger partial charge < -0.3 is 38.4 Å². The molecule has 0 N–H and O–H groups in total. The van der Waals surface area contributed by atoms with Crippen LogP contribution in [0, 0.1) is 29.1 Å². The molecule has 0 radical (unpaired) electrons. The molecule has 13 heteroatoms. The van der Waals surface area contributed by atoms with Crippen LogP contribution in [0.1, 0.15) is 88.5 Å². The van der Waals surface area contributed by atoms with Gasteiger partial charge in [0.25, 0.3) is 0 Å². The largest absolute Gasteiger partial charge is 0.463 e. The van der Waals surface area contributed by atoms with Crippen molar-refractivity contribution in [3.8, 4) is 0 Å². The second kappa shape index (κ2) is 17.4. The Kier molecular flexibility index (Phi) is 14.8. The summed E-state index contributed by atoms with van der Waals surface area (Å²) in [4.78, 5) is 61.2. The minimum atomic E-state index is -1.45. The van der Waals surface area contributed by atoms with E-state index in [0.29, 0.717) is 26.1 Å². The van der Waals surface area contributed by atoms with Crippen LogP contribution in [0.5, 0.6) is 0 Å². The standard InChI is InChI=1S/C39H70N4O9/c1-24-19-39(10,48-15)33(51-34-26(3)29(40(11)12)18-25(2)50-34)27(4)32(45)38(8,9)35(46)49-23-30(42(14)20-24)28-21-43(22-28)31(44)16-17-41(13)36(47)52-37(5,6)7/h24-30,33-34H,16-23H2,1-15H3/t24-,25-,26-,27+,29+,30+,33-,34+,39-/m1/s1. The predicted molar refractivity (Wildman–Crippen MR) is 199 cm³/mol. The minimum absolute atomic E-state index is 0.0290. The molecule has 0 spiro atoms. The summed E-state index contributed by atoms with van der Waals surface area (Å²) in [7, 11) is 9.43. The Labute approximate surface area is 313 Å². The zero-order valence-electron chi connectivity index (χ0n) is 34.8. The minimum Gasteiger partial charge on any atom is -0.463 e. The second-order valence-corrected chi connectivity index (χ2v) is 17.9. The molecular formula is C39H70N4O9. The molecule has 0 aromatic carbocycles. The average Bonchev–Trinajstić information content (AvgIpc) is 3.01. The number of Topliss-reactive ketones (excluding diaryl/α,β-unsaturated/α-hetero) is 1. The van der Waals surface area contributed by atoms with E-state index in [2.05, 4.69) is 37.7 Å². The van der Waals surface area contributed by atoms with Gasteiger partial charge in [0.2, 0.25) is 5.91 Å². The number of cyclic esters (lactones) is 1. The van der Waals surface area contributed by atoms with Crippen LogP contribution in [0.25, 0.3) is 0 Å². The number of carbonyl (C=O) groups excluding carboxylic acids is 4. The Balaban J connectivity index is 1.81. The molecule has 3 heterocycles. The zero-order chi connectivity index (χ0) is 39.5. The third-order valence-corrected chi connectivity index (χ3v) is 11.5. The van der Waals surface area contributed by atoms with Crippen LogP contribution in [0.2, 0.25) is 0 Å². The van der Waals surface area contributed by atoms with E-state index in [1.165, 1.54) is 4.90 Å². The number of likely N-dealkylation sites (tertiary alicyclic amines) is 1. The van der Waals surface area contributed by atoms with E-state index in [1.807, 2.05) is 27.8 Å². The van der Waals surface area contributed by atoms with Crippen molar-refractivity contribution in [2.45, 2.75) is 130 Å². The normalized spacial score (nSPS) is 34.4. The highest BCUT2D eigenvalue weighted by molar-refractivity contribution is 6.04. The van der Waals surface area contributed by atoms with Gasteiger partial charge >= 0.3 is 12.1 Å². The van der Waals surface area contributed by atoms with Gasteiger partial charge in [-0.15, -0.1) is 0 Å². The molecule has 3 aliphatic heterocycles. The number of esters is 1. The van der Waals surface area contributed by atoms with Crippen molar-refractivity contribution >= 4 is 23.8 Å². The van der Waals surface area contributed by atoms with Gasteiger partial charge in [-0.1, -0.05) is 20.8 Å². The Morgan fingerprint density at radius 3 is 2.17 bits per heavy atom. The quantitative estimate of drug-likeness (QED) is 0.261. The molecule has 0 aliphatic carbocycles. The Morgan fingerprint density at radius 2 is 1.62 bits per heavy atom. The highest BCUT2D eigenvalue weighted by Crippen LogP contribution is 2.39. The maximum atomic E-state index is 14.3. The zero-order valence-corrected chi connectivity index (χ0v) is 34.8. The van der Waals surface area contributed by atoms with Crippen molar-refractivity contribution in [1.29, 1.82) is 0 Å². The Bertz CT molecular complexity index is 1250. The molecule has 13 nitrogen and oxygen atoms in total. The Morgan fingerprint density at radius 1 is 1.00 bits per heavy atom. The van der Waals surface area contributed by atoms with Crippen LogP contribution in [0.4, 0.5) is 4.79 Å². The molecule has 2 amide bonds. The highest BCUT2D eigenvalue weighted by Gasteiger charge is 2.51. The van der Waals surface area contributed by atoms with Crippen LogP contribution < -0.4 is 0 Å². The first kappa shape index (κ1) is 44.1. The molecule has 300 valence electrons. The molecule has 3 saturated heterocycles. The van der Waals surface area contributed by atoms with Crippen LogP contribution in [0.15, 0.2) is 0 Å². The molecule has 3 rings (SSSR count). The summed E-state index contributed by atoms with van der Waals surface area (Å²) in [6.45, 7) is 20.8. The first-order valence-corrected chi connectivity index (χ1v) is 19.1. The lowest BCUT2D eigenvalue weighted by Gasteiger charge is -2.48. The lowest BCUT2D eigenvalue weighted by molar-refractivity contribution is -0.281. The summed E-state index contributed by atoms with van der Waals surface area (Å²) in [5.74, 6) is -1.43. The molecule has 0 aromatic rings. The summed E-state index contributed by atoms with van der Waals surface area (Å²) in [6, 6.07) is 0.0568. The fourth-order valence-corrected chi connectivity index (χ4v) is 8.20. The fourth-order valence-electron chi connectivity index (χ4n) is 8.20. The maximum absolute atomic E-state index is 14.3. The number of nitrogens with zero attached hydrogens (tertiary/aromatic N) is 4. The summed E-state index contributed by atoms with van der Waals surface area (Å²) < 4.78 is 30.9. The van der Waals surface area contributed by atoms with Crippen LogP contribution in [-0.2, 0) is 38.1 Å². The van der Waals surface area contributed by atoms with Gasteiger partial charge in [-0.05, 0) is 88.4 Å². The summed E-state index contributed by atoms with van der Waals surface area (Å²) in [5, 5.41) is 0. The molecule has 3 fully saturated rings. The van der Waals surface area contributed by atoms with Crippen molar-refractivity contribution in [3.63, 3.8) is 0 Å². The number of carbonyl (C=O) groups is 4. The monoisotopic (exact) mass is 739 g/mol. The molecular weight excluding hydrogens is 668 g/mol. The van der Waals surface area contributed by atoms with Crippen molar-refractivity contribution in [3.05, 3.63) is 0 Å². The molecule has 0 aromatic heterocycles. The molecule has 0 unspecified atom stereocenters. The second-order valence-electron chi connectivity index (χ2n) is 17.9. The SMILES string of the molecule is CO[C@]1(C)C[C@@H](C)CN(C)[C@H](C2CN(C(=O)CCN(C)C(=O)OC(C)(C)C)C2)COC(=O)C(C)(C)C(=O)[C@H](C)[C@H]1O[C@@H]1O[C@H](C)C[C@H](N(C)C)[C@H]1C. The number of rotatable bonds is 8. The number of hydrogen-bond donors (Lipinski definition) is 0. The number of likely N-dealkylation sites (N-methyl/N-ethyl adjacent to an activating group) is 1. The number of ether oxygens (including phenoxy) is 5. The van der Waals surface area contributed by atoms with Crippen LogP contribution >= 0.6 is 0 Å². The molecule has 3 aliphatic rings. The molecule has 0 bridgehead atoms. The van der Waals surface area contributed by atoms with Crippen molar-refractivity contribution in [1.82, 2.24) is 19.6 Å². The van der Waals surface area contributed by atoms with Crippen molar-refractivity contribution < 1.29 is 42.9 Å². The van der Waals surface area contributed by atoms with Crippen LogP contribution in [0.3, 0.4) is 0 Å². The first-order valence-electron chi connectivity index (χ1n) is 19.1. The first-order chi connectivity index (χ1) is 23.9. The van der Waals surface area contributed by atoms with E-state index in [1.54, 1.807) is 53.7 Å². The fraction of sp³-hybridized carbons (Fsp3) is 0.897. The van der Waals surface area contributed by atoms with Crippen LogP contribution in [-0.4, -0.2) is 153 Å². The Hall–Kier alpha value is -2.32. The molecule has 0 saturated carbocycles. The highest BCUT2D eigenvalue weighted by atomic mass is 16.7. The van der Waals surface area contributed by atoms with E-state index < -0.39 is 47.0 Å². The summed E-state index contributed by atoms with van der Waals surface area (Å²) in [5.41, 5.74) is -2.95. The molecule has 9 atom stereocenters. The number of amides is 2. The van der Waals surface area contributed by atoms with Crippen molar-refractivity contribution in [2.75, 3.05) is 68.1 Å². The number of hydrogen-bond acceptors (Lipinski definition) is 11. The van der Waals surface area contributed by atoms with E-state index in [0.717, 1.165) is 6.42 Å². The van der Waals surface area contributed by atoms with Gasteiger partial charge in [0.1, 0.15) is 17.6 Å². The predicted octanol–water partition coefficient (Wildman–Crippen LogP) is 4.31. The van der Waals surface area contributed by atoms with Gasteiger partial charge in [-0.3, -0.25) is 19.3 Å². The van der Waals surface area contributed by atoms with Gasteiger partial charge in [0.05, 0.1) is 17.8 Å². The van der Waals surface area contributed by atoms with E-state index in [9.17, 15) is 19.2 Å². The van der Waals surface area contributed by atoms with E-state index >= 15 is 0 Å². The van der Waals surface area contributed by atoms with Gasteiger partial charge in [0.15, 0.2) is 12.1 Å². The number of methoxy groups -OCH3 is 1. The van der Waals surface area contributed by atoms with Gasteiger partial charge in [-0.25, -0.2) is 4.79 Å². The van der Waals surface area contributed by atoms with Gasteiger partial charge in [-0.2, -0.15) is 0 Å².